The zero-order valence-electron chi connectivity index (χ0n) is 20.5. The Balaban J connectivity index is 1.81. The average molecular weight is 491 g/mol. The first-order valence-electron chi connectivity index (χ1n) is 12.8. The van der Waals surface area contributed by atoms with Crippen molar-refractivity contribution in [3.05, 3.63) is 24.3 Å². The first-order chi connectivity index (χ1) is 16.4. The molecule has 7 atom stereocenters. The molecule has 0 aliphatic carbocycles. The van der Waals surface area contributed by atoms with Crippen molar-refractivity contribution >= 4 is 29.5 Å². The van der Waals surface area contributed by atoms with Gasteiger partial charge in [0.1, 0.15) is 6.04 Å². The van der Waals surface area contributed by atoms with E-state index >= 15 is 0 Å². The third kappa shape index (κ3) is 4.11. The number of thioether (sulfide) groups is 1. The summed E-state index contributed by atoms with van der Waals surface area (Å²) in [5.41, 5.74) is 0. The minimum atomic E-state index is -0.850. The average Bonchev–Trinajstić information content (AvgIpc) is 3.20. The van der Waals surface area contributed by atoms with Crippen LogP contribution in [0.3, 0.4) is 0 Å². The van der Waals surface area contributed by atoms with Crippen molar-refractivity contribution < 1.29 is 24.2 Å². The van der Waals surface area contributed by atoms with E-state index in [0.29, 0.717) is 26.1 Å². The van der Waals surface area contributed by atoms with E-state index in [1.165, 1.54) is 0 Å². The van der Waals surface area contributed by atoms with E-state index in [4.69, 9.17) is 4.74 Å². The number of ether oxygens (including phenoxy) is 1. The minimum absolute atomic E-state index is 0.0170. The van der Waals surface area contributed by atoms with Crippen LogP contribution in [0.15, 0.2) is 24.3 Å². The fourth-order valence-electron chi connectivity index (χ4n) is 6.02. The van der Waals surface area contributed by atoms with E-state index in [1.807, 2.05) is 43.1 Å². The smallest absolute Gasteiger partial charge is 0.311 e. The molecule has 0 aromatic heterocycles. The summed E-state index contributed by atoms with van der Waals surface area (Å²) in [5.74, 6) is -1.94. The number of nitrogens with zero attached hydrogens (tertiary/aromatic N) is 2. The Bertz CT molecular complexity index is 860. The highest BCUT2D eigenvalue weighted by Gasteiger charge is 2.71. The van der Waals surface area contributed by atoms with Gasteiger partial charge >= 0.3 is 5.97 Å². The molecule has 2 saturated heterocycles. The second kappa shape index (κ2) is 10.4. The lowest BCUT2D eigenvalue weighted by Crippen LogP contribution is -2.57. The number of likely N-dealkylation sites (tertiary alicyclic amines) is 1. The van der Waals surface area contributed by atoms with Crippen LogP contribution in [0, 0.1) is 17.8 Å². The maximum atomic E-state index is 14.2. The van der Waals surface area contributed by atoms with Gasteiger partial charge in [-0.1, -0.05) is 64.3 Å². The number of aliphatic hydroxyl groups is 1. The van der Waals surface area contributed by atoms with Crippen LogP contribution >= 0.6 is 11.8 Å². The molecular formula is C26H38N2O5S. The number of unbranched alkanes of at least 4 members (excludes halogenated alkanes) is 2. The molecule has 34 heavy (non-hydrogen) atoms. The molecule has 0 saturated carbocycles. The highest BCUT2D eigenvalue weighted by atomic mass is 32.2. The predicted octanol–water partition coefficient (Wildman–Crippen LogP) is 2.78. The number of esters is 1. The Morgan fingerprint density at radius 3 is 2.71 bits per heavy atom. The number of hydrogen-bond acceptors (Lipinski definition) is 6. The molecule has 0 aromatic rings. The lowest BCUT2D eigenvalue weighted by atomic mass is 9.78. The second-order valence-electron chi connectivity index (χ2n) is 10.0. The number of carbonyl (C=O) groups is 3. The molecule has 4 rings (SSSR count). The molecule has 4 heterocycles. The maximum absolute atomic E-state index is 14.2. The molecule has 8 heteroatoms. The van der Waals surface area contributed by atoms with Crippen LogP contribution < -0.4 is 0 Å². The summed E-state index contributed by atoms with van der Waals surface area (Å²) in [6.45, 7) is 7.40. The Hall–Kier alpha value is -1.80. The van der Waals surface area contributed by atoms with Crippen molar-refractivity contribution in [3.8, 4) is 0 Å². The fraction of sp³-hybridized carbons (Fsp3) is 0.731. The number of cyclic esters (lactones) is 1. The number of aliphatic hydroxyl groups excluding tert-OH is 1. The van der Waals surface area contributed by atoms with E-state index in [1.54, 1.807) is 16.7 Å². The molecule has 2 fully saturated rings. The van der Waals surface area contributed by atoms with Gasteiger partial charge in [-0.15, -0.1) is 11.8 Å². The van der Waals surface area contributed by atoms with E-state index < -0.39 is 28.7 Å². The van der Waals surface area contributed by atoms with Crippen LogP contribution in [-0.4, -0.2) is 81.1 Å². The van der Waals surface area contributed by atoms with Gasteiger partial charge in [0, 0.05) is 18.3 Å². The Kier molecular flexibility index (Phi) is 7.77. The largest absolute Gasteiger partial charge is 0.465 e. The second-order valence-corrected chi connectivity index (χ2v) is 11.5. The monoisotopic (exact) mass is 490 g/mol. The van der Waals surface area contributed by atoms with Gasteiger partial charge in [0.2, 0.25) is 11.8 Å². The third-order valence-corrected chi connectivity index (χ3v) is 9.76. The molecule has 1 spiro atoms. The standard InChI is InChI=1S/C26H38N2O5S/c1-4-6-8-13-27-14-10-12-26-21(20-19(34-26)11-7-9-15-33-25(20)32)23(30)28(22(26)24(27)31)18(16-29)17(3)5-2/h7,10-12,17-22,29H,4-6,8-9,13-16H2,1-3H3/t17-,18-,19+,20-,21-,22?,26-/m0/s1. The molecule has 188 valence electrons. The summed E-state index contributed by atoms with van der Waals surface area (Å²) in [5, 5.41) is 10.2. The zero-order valence-corrected chi connectivity index (χ0v) is 21.3. The van der Waals surface area contributed by atoms with Crippen molar-refractivity contribution in [3.63, 3.8) is 0 Å². The lowest BCUT2D eigenvalue weighted by Gasteiger charge is -2.40. The van der Waals surface area contributed by atoms with Gasteiger partial charge in [-0.05, 0) is 18.8 Å². The molecule has 1 N–H and O–H groups in total. The van der Waals surface area contributed by atoms with Crippen LogP contribution in [0.1, 0.15) is 52.9 Å². The van der Waals surface area contributed by atoms with E-state index in [-0.39, 0.29) is 35.6 Å². The Morgan fingerprint density at radius 2 is 2.00 bits per heavy atom. The van der Waals surface area contributed by atoms with Crippen molar-refractivity contribution in [2.24, 2.45) is 17.8 Å². The van der Waals surface area contributed by atoms with Crippen LogP contribution in [0.2, 0.25) is 0 Å². The summed E-state index contributed by atoms with van der Waals surface area (Å²) in [6.07, 6.45) is 12.5. The molecular weight excluding hydrogens is 452 g/mol. The van der Waals surface area contributed by atoms with E-state index in [9.17, 15) is 19.5 Å². The van der Waals surface area contributed by atoms with Crippen molar-refractivity contribution in [2.75, 3.05) is 26.3 Å². The number of carbonyl (C=O) groups excluding carboxylic acids is 3. The van der Waals surface area contributed by atoms with Gasteiger partial charge in [0.05, 0.1) is 35.8 Å². The number of rotatable bonds is 8. The number of fused-ring (bicyclic) bond motifs is 2. The van der Waals surface area contributed by atoms with Gasteiger partial charge in [-0.2, -0.15) is 0 Å². The fourth-order valence-corrected chi connectivity index (χ4v) is 8.01. The van der Waals surface area contributed by atoms with Crippen LogP contribution in [0.5, 0.6) is 0 Å². The lowest BCUT2D eigenvalue weighted by molar-refractivity contribution is -0.154. The van der Waals surface area contributed by atoms with E-state index in [2.05, 4.69) is 6.92 Å². The summed E-state index contributed by atoms with van der Waals surface area (Å²) < 4.78 is 4.67. The summed E-state index contributed by atoms with van der Waals surface area (Å²) >= 11 is 1.56. The van der Waals surface area contributed by atoms with Crippen molar-refractivity contribution in [2.45, 2.75) is 75.0 Å². The normalized spacial score (nSPS) is 34.6. The van der Waals surface area contributed by atoms with Gasteiger partial charge in [0.15, 0.2) is 0 Å². The van der Waals surface area contributed by atoms with Gasteiger partial charge in [-0.25, -0.2) is 0 Å². The first-order valence-corrected chi connectivity index (χ1v) is 13.7. The summed E-state index contributed by atoms with van der Waals surface area (Å²) in [7, 11) is 0. The van der Waals surface area contributed by atoms with Crippen LogP contribution in [0.4, 0.5) is 0 Å². The topological polar surface area (TPSA) is 87.2 Å². The Labute approximate surface area is 206 Å². The first kappa shape index (κ1) is 25.3. The number of amides is 2. The van der Waals surface area contributed by atoms with E-state index in [0.717, 1.165) is 25.7 Å². The third-order valence-electron chi connectivity index (χ3n) is 8.02. The highest BCUT2D eigenvalue weighted by molar-refractivity contribution is 8.02. The maximum Gasteiger partial charge on any atom is 0.311 e. The molecule has 0 bridgehead atoms. The minimum Gasteiger partial charge on any atom is -0.465 e. The summed E-state index contributed by atoms with van der Waals surface area (Å²) in [4.78, 5) is 44.9. The van der Waals surface area contributed by atoms with Crippen LogP contribution in [-0.2, 0) is 19.1 Å². The quantitative estimate of drug-likeness (QED) is 0.320. The molecule has 7 nitrogen and oxygen atoms in total. The van der Waals surface area contributed by atoms with Crippen molar-refractivity contribution in [1.82, 2.24) is 9.80 Å². The number of hydrogen-bond donors (Lipinski definition) is 1. The highest BCUT2D eigenvalue weighted by Crippen LogP contribution is 2.61. The molecule has 1 unspecified atom stereocenters. The molecule has 4 aliphatic heterocycles. The zero-order chi connectivity index (χ0) is 24.5. The molecule has 4 aliphatic rings. The molecule has 2 amide bonds. The Morgan fingerprint density at radius 1 is 1.21 bits per heavy atom. The van der Waals surface area contributed by atoms with Gasteiger partial charge < -0.3 is 19.6 Å². The predicted molar refractivity (Wildman–Crippen MR) is 132 cm³/mol. The molecule has 0 aromatic carbocycles. The van der Waals surface area contributed by atoms with Crippen LogP contribution in [0.25, 0.3) is 0 Å². The summed E-state index contributed by atoms with van der Waals surface area (Å²) in [6, 6.07) is -1.21. The van der Waals surface area contributed by atoms with Crippen molar-refractivity contribution in [1.29, 1.82) is 0 Å². The van der Waals surface area contributed by atoms with Gasteiger partial charge in [0.25, 0.3) is 0 Å². The molecule has 0 radical (unpaired) electrons. The van der Waals surface area contributed by atoms with Gasteiger partial charge in [-0.3, -0.25) is 14.4 Å². The SMILES string of the molecule is CCCCCN1CC=C[C@]23S[C@@H]4C=CCCOC(=O)[C@@H]4[C@H]2C(=O)N([C@@H](CO)[C@@H](C)CC)C3C1=O.